The lowest BCUT2D eigenvalue weighted by Gasteiger charge is -1.90. The molecule has 0 amide bonds. The minimum absolute atomic E-state index is 0.100. The Hall–Kier alpha value is -0.390. The number of furan rings is 1. The number of aromatic nitrogens is 2. The van der Waals surface area contributed by atoms with Crippen LogP contribution in [0.5, 0.6) is 0 Å². The van der Waals surface area contributed by atoms with Crippen LogP contribution in [0.25, 0.3) is 10.6 Å². The lowest BCUT2D eigenvalue weighted by atomic mass is 10.4. The van der Waals surface area contributed by atoms with E-state index in [4.69, 9.17) is 16.0 Å². The highest BCUT2D eigenvalue weighted by molar-refractivity contribution is 9.10. The second kappa shape index (κ2) is 4.00. The van der Waals surface area contributed by atoms with E-state index in [1.807, 2.05) is 13.0 Å². The molecule has 0 saturated carbocycles. The summed E-state index contributed by atoms with van der Waals surface area (Å²) in [4.78, 5) is 0. The van der Waals surface area contributed by atoms with Crippen LogP contribution in [-0.4, -0.2) is 10.2 Å². The van der Waals surface area contributed by atoms with Crippen molar-refractivity contribution in [3.05, 3.63) is 22.0 Å². The molecule has 2 heterocycles. The van der Waals surface area contributed by atoms with E-state index in [-0.39, 0.29) is 5.38 Å². The first-order valence-electron chi connectivity index (χ1n) is 3.88. The van der Waals surface area contributed by atoms with Crippen LogP contribution >= 0.6 is 38.9 Å². The van der Waals surface area contributed by atoms with Crippen molar-refractivity contribution in [2.24, 2.45) is 0 Å². The molecule has 0 N–H and O–H groups in total. The van der Waals surface area contributed by atoms with Gasteiger partial charge in [-0.2, -0.15) is 0 Å². The van der Waals surface area contributed by atoms with Gasteiger partial charge in [-0.3, -0.25) is 0 Å². The largest absolute Gasteiger partial charge is 0.457 e. The highest BCUT2D eigenvalue weighted by Gasteiger charge is 2.12. The van der Waals surface area contributed by atoms with E-state index in [1.165, 1.54) is 11.3 Å². The fourth-order valence-electron chi connectivity index (χ4n) is 0.934. The molecule has 0 bridgehead atoms. The molecule has 0 radical (unpaired) electrons. The van der Waals surface area contributed by atoms with Gasteiger partial charge in [-0.25, -0.2) is 0 Å². The predicted octanol–water partition coefficient (Wildman–Crippen LogP) is 3.86. The summed E-state index contributed by atoms with van der Waals surface area (Å²) in [6.07, 6.45) is 1.63. The van der Waals surface area contributed by atoms with Gasteiger partial charge < -0.3 is 4.42 Å². The van der Waals surface area contributed by atoms with E-state index in [0.717, 1.165) is 15.6 Å². The second-order valence-electron chi connectivity index (χ2n) is 2.70. The van der Waals surface area contributed by atoms with Crippen LogP contribution < -0.4 is 0 Å². The Balaban J connectivity index is 2.33. The molecule has 1 atom stereocenters. The minimum atomic E-state index is -0.100. The number of nitrogens with zero attached hydrogens (tertiary/aromatic N) is 2. The number of hydrogen-bond donors (Lipinski definition) is 0. The van der Waals surface area contributed by atoms with Crippen LogP contribution in [0.2, 0.25) is 0 Å². The first-order valence-corrected chi connectivity index (χ1v) is 5.93. The van der Waals surface area contributed by atoms with Crippen molar-refractivity contribution >= 4 is 38.9 Å². The Kier molecular flexibility index (Phi) is 2.90. The van der Waals surface area contributed by atoms with E-state index in [1.54, 1.807) is 6.26 Å². The van der Waals surface area contributed by atoms with Gasteiger partial charge in [0.2, 0.25) is 0 Å². The Labute approximate surface area is 98.2 Å². The highest BCUT2D eigenvalue weighted by Crippen LogP contribution is 2.31. The van der Waals surface area contributed by atoms with Crippen LogP contribution in [0.4, 0.5) is 0 Å². The summed E-state index contributed by atoms with van der Waals surface area (Å²) in [5.41, 5.74) is 0.915. The van der Waals surface area contributed by atoms with Crippen molar-refractivity contribution in [2.75, 3.05) is 0 Å². The van der Waals surface area contributed by atoms with Crippen LogP contribution in [0.15, 0.2) is 21.4 Å². The standard InChI is InChI=1S/C8H6BrClN2OS/c1-4(10)7-11-12-8(14-7)5-2-6(9)13-3-5/h2-4H,1H3. The average molecular weight is 294 g/mol. The van der Waals surface area contributed by atoms with Crippen molar-refractivity contribution < 1.29 is 4.42 Å². The van der Waals surface area contributed by atoms with Crippen molar-refractivity contribution in [2.45, 2.75) is 12.3 Å². The summed E-state index contributed by atoms with van der Waals surface area (Å²) in [6.45, 7) is 1.87. The molecule has 74 valence electrons. The SMILES string of the molecule is CC(Cl)c1nnc(-c2coc(Br)c2)s1. The second-order valence-corrected chi connectivity index (χ2v) is 5.15. The molecule has 6 heteroatoms. The Morgan fingerprint density at radius 1 is 1.57 bits per heavy atom. The molecule has 0 aliphatic carbocycles. The van der Waals surface area contributed by atoms with Gasteiger partial charge >= 0.3 is 0 Å². The summed E-state index contributed by atoms with van der Waals surface area (Å²) in [5, 5.41) is 9.54. The molecule has 0 aliphatic rings. The quantitative estimate of drug-likeness (QED) is 0.789. The zero-order chi connectivity index (χ0) is 10.1. The maximum absolute atomic E-state index is 5.88. The number of alkyl halides is 1. The average Bonchev–Trinajstić information content (AvgIpc) is 2.70. The van der Waals surface area contributed by atoms with E-state index < -0.39 is 0 Å². The third-order valence-corrected chi connectivity index (χ3v) is 3.50. The first kappa shape index (κ1) is 10.1. The molecule has 14 heavy (non-hydrogen) atoms. The van der Waals surface area contributed by atoms with Crippen LogP contribution in [0, 0.1) is 0 Å². The molecular weight excluding hydrogens is 288 g/mol. The maximum atomic E-state index is 5.88. The number of hydrogen-bond acceptors (Lipinski definition) is 4. The lowest BCUT2D eigenvalue weighted by molar-refractivity contribution is 0.542. The molecule has 2 rings (SSSR count). The molecule has 0 saturated heterocycles. The van der Waals surface area contributed by atoms with Gasteiger partial charge in [-0.1, -0.05) is 11.3 Å². The minimum Gasteiger partial charge on any atom is -0.457 e. The third-order valence-electron chi connectivity index (χ3n) is 1.60. The monoisotopic (exact) mass is 292 g/mol. The molecule has 2 aromatic heterocycles. The molecule has 3 nitrogen and oxygen atoms in total. The molecule has 0 aromatic carbocycles. The summed E-state index contributed by atoms with van der Waals surface area (Å²) < 4.78 is 5.79. The van der Waals surface area contributed by atoms with Gasteiger partial charge in [0.05, 0.1) is 10.9 Å². The summed E-state index contributed by atoms with van der Waals surface area (Å²) in [5.74, 6) is 0. The maximum Gasteiger partial charge on any atom is 0.169 e. The molecule has 1 unspecified atom stereocenters. The number of halogens is 2. The Bertz CT molecular complexity index is 440. The van der Waals surface area contributed by atoms with Gasteiger partial charge in [0, 0.05) is 6.07 Å². The molecule has 0 spiro atoms. The molecular formula is C8H6BrClN2OS. The van der Waals surface area contributed by atoms with Gasteiger partial charge in [0.15, 0.2) is 9.68 Å². The van der Waals surface area contributed by atoms with Crippen LogP contribution in [0.1, 0.15) is 17.3 Å². The van der Waals surface area contributed by atoms with Gasteiger partial charge in [-0.05, 0) is 22.9 Å². The van der Waals surface area contributed by atoms with E-state index in [0.29, 0.717) is 4.67 Å². The summed E-state index contributed by atoms with van der Waals surface area (Å²) in [6, 6.07) is 1.85. The topological polar surface area (TPSA) is 38.9 Å². The normalized spacial score (nSPS) is 13.1. The first-order chi connectivity index (χ1) is 6.66. The van der Waals surface area contributed by atoms with Gasteiger partial charge in [-0.15, -0.1) is 21.8 Å². The van der Waals surface area contributed by atoms with Crippen molar-refractivity contribution in [3.63, 3.8) is 0 Å². The lowest BCUT2D eigenvalue weighted by Crippen LogP contribution is -1.80. The van der Waals surface area contributed by atoms with Gasteiger partial charge in [0.1, 0.15) is 11.3 Å². The fourth-order valence-corrected chi connectivity index (χ4v) is 2.20. The van der Waals surface area contributed by atoms with E-state index in [2.05, 4.69) is 26.1 Å². The predicted molar refractivity (Wildman–Crippen MR) is 59.6 cm³/mol. The fraction of sp³-hybridized carbons (Fsp3) is 0.250. The van der Waals surface area contributed by atoms with Crippen LogP contribution in [0.3, 0.4) is 0 Å². The van der Waals surface area contributed by atoms with Gasteiger partial charge in [0.25, 0.3) is 0 Å². The van der Waals surface area contributed by atoms with E-state index >= 15 is 0 Å². The smallest absolute Gasteiger partial charge is 0.169 e. The Morgan fingerprint density at radius 3 is 2.86 bits per heavy atom. The summed E-state index contributed by atoms with van der Waals surface area (Å²) >= 11 is 10.6. The Morgan fingerprint density at radius 2 is 2.36 bits per heavy atom. The van der Waals surface area contributed by atoms with E-state index in [9.17, 15) is 0 Å². The number of rotatable bonds is 2. The third kappa shape index (κ3) is 1.99. The van der Waals surface area contributed by atoms with Crippen molar-refractivity contribution in [1.82, 2.24) is 10.2 Å². The summed E-state index contributed by atoms with van der Waals surface area (Å²) in [7, 11) is 0. The van der Waals surface area contributed by atoms with Crippen molar-refractivity contribution in [1.29, 1.82) is 0 Å². The zero-order valence-electron chi connectivity index (χ0n) is 7.20. The van der Waals surface area contributed by atoms with Crippen molar-refractivity contribution in [3.8, 4) is 10.6 Å². The molecule has 0 fully saturated rings. The molecule has 0 aliphatic heterocycles. The highest BCUT2D eigenvalue weighted by atomic mass is 79.9. The molecule has 2 aromatic rings. The zero-order valence-corrected chi connectivity index (χ0v) is 10.4. The van der Waals surface area contributed by atoms with Crippen LogP contribution in [-0.2, 0) is 0 Å².